The topological polar surface area (TPSA) is 197 Å². The Bertz CT molecular complexity index is 2150. The number of pyridine rings is 1. The maximum Gasteiger partial charge on any atom is 0.355 e. The van der Waals surface area contributed by atoms with Gasteiger partial charge in [0, 0.05) is 49.0 Å². The molecule has 1 fully saturated rings. The molecular weight excluding hydrogens is 696 g/mol. The lowest BCUT2D eigenvalue weighted by Crippen LogP contribution is -2.53. The van der Waals surface area contributed by atoms with Crippen molar-refractivity contribution >= 4 is 27.6 Å². The molecule has 16 heteroatoms. The van der Waals surface area contributed by atoms with Gasteiger partial charge in [-0.2, -0.15) is 9.57 Å². The first-order valence-corrected chi connectivity index (χ1v) is 18.3. The monoisotopic (exact) mass is 734 g/mol. The van der Waals surface area contributed by atoms with Gasteiger partial charge < -0.3 is 23.5 Å². The number of non-ortho nitro benzene ring substituents is 1. The van der Waals surface area contributed by atoms with Crippen molar-refractivity contribution in [2.75, 3.05) is 19.8 Å². The molecular formula is C36H38N4O11S. The van der Waals surface area contributed by atoms with E-state index in [2.05, 4.69) is 0 Å². The van der Waals surface area contributed by atoms with Gasteiger partial charge in [-0.05, 0) is 42.7 Å². The van der Waals surface area contributed by atoms with Gasteiger partial charge in [0.2, 0.25) is 21.4 Å². The number of carbonyl (C=O) groups is 2. The second-order valence-corrected chi connectivity index (χ2v) is 15.6. The van der Waals surface area contributed by atoms with E-state index >= 15 is 0 Å². The maximum atomic E-state index is 14.5. The summed E-state index contributed by atoms with van der Waals surface area (Å²) in [5.41, 5.74) is -2.93. The number of nitro groups is 1. The molecule has 4 heterocycles. The number of nitro benzene ring substituents is 1. The van der Waals surface area contributed by atoms with Gasteiger partial charge in [-0.15, -0.1) is 0 Å². The van der Waals surface area contributed by atoms with Crippen LogP contribution in [0.5, 0.6) is 0 Å². The average molecular weight is 735 g/mol. The van der Waals surface area contributed by atoms with Gasteiger partial charge in [0.25, 0.3) is 11.2 Å². The Hall–Kier alpha value is -4.95. The van der Waals surface area contributed by atoms with E-state index < -0.39 is 55.4 Å². The number of benzene rings is 2. The zero-order valence-corrected chi connectivity index (χ0v) is 29.9. The predicted molar refractivity (Wildman–Crippen MR) is 182 cm³/mol. The Labute approximate surface area is 299 Å². The number of nitrogens with zero attached hydrogens (tertiary/aromatic N) is 4. The summed E-state index contributed by atoms with van der Waals surface area (Å²) in [6, 6.07) is 12.9. The van der Waals surface area contributed by atoms with Crippen molar-refractivity contribution in [1.29, 1.82) is 5.26 Å². The molecule has 1 unspecified atom stereocenters. The zero-order valence-electron chi connectivity index (χ0n) is 29.1. The highest BCUT2D eigenvalue weighted by atomic mass is 32.2. The zero-order chi connectivity index (χ0) is 37.6. The Balaban J connectivity index is 1.47. The molecule has 3 aromatic rings. The lowest BCUT2D eigenvalue weighted by molar-refractivity contribution is -0.384. The third-order valence-corrected chi connectivity index (χ3v) is 11.7. The largest absolute Gasteiger partial charge is 0.463 e. The lowest BCUT2D eigenvalue weighted by atomic mass is 9.86. The highest BCUT2D eigenvalue weighted by molar-refractivity contribution is 7.89. The van der Waals surface area contributed by atoms with Crippen LogP contribution in [-0.4, -0.2) is 60.0 Å². The summed E-state index contributed by atoms with van der Waals surface area (Å²) in [4.78, 5) is 52.8. The van der Waals surface area contributed by atoms with Crippen molar-refractivity contribution in [2.24, 2.45) is 5.41 Å². The van der Waals surface area contributed by atoms with E-state index in [0.717, 1.165) is 28.6 Å². The van der Waals surface area contributed by atoms with Crippen molar-refractivity contribution in [2.45, 2.75) is 82.4 Å². The van der Waals surface area contributed by atoms with E-state index in [1.807, 2.05) is 19.9 Å². The fourth-order valence-corrected chi connectivity index (χ4v) is 8.48. The highest BCUT2D eigenvalue weighted by Crippen LogP contribution is 2.45. The van der Waals surface area contributed by atoms with Crippen molar-refractivity contribution in [3.05, 3.63) is 103 Å². The summed E-state index contributed by atoms with van der Waals surface area (Å²) < 4.78 is 54.6. The number of carbonyl (C=O) groups excluding carboxylic acids is 2. The summed E-state index contributed by atoms with van der Waals surface area (Å²) in [7, 11) is -4.50. The molecule has 0 bridgehead atoms. The number of esters is 2. The van der Waals surface area contributed by atoms with E-state index in [1.165, 1.54) is 17.6 Å². The summed E-state index contributed by atoms with van der Waals surface area (Å²) in [6.45, 7) is 7.33. The molecule has 0 amide bonds. The van der Waals surface area contributed by atoms with Crippen LogP contribution in [0.2, 0.25) is 0 Å². The van der Waals surface area contributed by atoms with Gasteiger partial charge in [-0.1, -0.05) is 45.0 Å². The summed E-state index contributed by atoms with van der Waals surface area (Å²) >= 11 is 0. The molecule has 0 aliphatic carbocycles. The molecule has 1 aromatic heterocycles. The molecule has 274 valence electrons. The summed E-state index contributed by atoms with van der Waals surface area (Å²) in [5, 5.41) is 21.6. The molecule has 2 aromatic carbocycles. The van der Waals surface area contributed by atoms with Crippen molar-refractivity contribution < 1.29 is 41.9 Å². The summed E-state index contributed by atoms with van der Waals surface area (Å²) in [5.74, 6) is -3.56. The third kappa shape index (κ3) is 6.17. The van der Waals surface area contributed by atoms with Crippen molar-refractivity contribution in [3.8, 4) is 6.07 Å². The van der Waals surface area contributed by atoms with Crippen LogP contribution in [0.1, 0.15) is 68.5 Å². The van der Waals surface area contributed by atoms with Gasteiger partial charge in [-0.25, -0.2) is 13.2 Å². The molecule has 6 rings (SSSR count). The average Bonchev–Trinajstić information content (AvgIpc) is 3.49. The Morgan fingerprint density at radius 1 is 1.10 bits per heavy atom. The van der Waals surface area contributed by atoms with Crippen LogP contribution in [0.15, 0.2) is 64.3 Å². The van der Waals surface area contributed by atoms with Gasteiger partial charge in [0.05, 0.1) is 35.3 Å². The van der Waals surface area contributed by atoms with Crippen LogP contribution in [0.25, 0.3) is 0 Å². The van der Waals surface area contributed by atoms with Crippen LogP contribution in [-0.2, 0) is 69.5 Å². The number of fused-ring (bicyclic) bond motifs is 3. The first-order chi connectivity index (χ1) is 24.6. The first kappa shape index (κ1) is 36.8. The van der Waals surface area contributed by atoms with Crippen LogP contribution >= 0.6 is 0 Å². The van der Waals surface area contributed by atoms with E-state index in [-0.39, 0.29) is 66.2 Å². The van der Waals surface area contributed by atoms with Gasteiger partial charge in [0.1, 0.15) is 17.7 Å². The van der Waals surface area contributed by atoms with Crippen LogP contribution in [0.4, 0.5) is 5.69 Å². The molecule has 0 radical (unpaired) electrons. The standard InChI is InChI=1S/C36H38N4O11S/c1-5-35(33(43)48-6-2,28-18-30-36(49-21-34(3,4)22-50-36)15-16-38(30)31(41)27(28)19-37)51-32(42)29-17-23-9-7-8-10-24(23)20-39(29)52(46,47)26-13-11-25(12-14-26)40(44)45/h7-14,18,29H,5-6,15-17,20-22H2,1-4H3/t29-,35?/m1/s1. The normalized spacial score (nSPS) is 20.2. The third-order valence-electron chi connectivity index (χ3n) is 9.80. The molecule has 0 N–H and O–H groups in total. The van der Waals surface area contributed by atoms with E-state index in [1.54, 1.807) is 31.2 Å². The number of ether oxygens (including phenoxy) is 4. The first-order valence-electron chi connectivity index (χ1n) is 16.8. The van der Waals surface area contributed by atoms with E-state index in [4.69, 9.17) is 18.9 Å². The number of sulfonamides is 1. The van der Waals surface area contributed by atoms with E-state index in [0.29, 0.717) is 24.3 Å². The molecule has 3 aliphatic rings. The molecule has 52 heavy (non-hydrogen) atoms. The van der Waals surface area contributed by atoms with Crippen molar-refractivity contribution in [3.63, 3.8) is 0 Å². The molecule has 1 spiro atoms. The predicted octanol–water partition coefficient (Wildman–Crippen LogP) is 3.79. The van der Waals surface area contributed by atoms with Crippen LogP contribution < -0.4 is 5.56 Å². The molecule has 3 aliphatic heterocycles. The van der Waals surface area contributed by atoms with Gasteiger partial charge in [0.15, 0.2) is 0 Å². The number of aromatic nitrogens is 1. The lowest BCUT2D eigenvalue weighted by Gasteiger charge is -2.41. The highest BCUT2D eigenvalue weighted by Gasteiger charge is 2.53. The van der Waals surface area contributed by atoms with Gasteiger partial charge in [-0.3, -0.25) is 19.7 Å². The molecule has 0 saturated carbocycles. The Morgan fingerprint density at radius 3 is 2.35 bits per heavy atom. The number of rotatable bonds is 9. The second-order valence-electron chi connectivity index (χ2n) is 13.7. The van der Waals surface area contributed by atoms with Crippen LogP contribution in [0.3, 0.4) is 0 Å². The minimum Gasteiger partial charge on any atom is -0.463 e. The minimum atomic E-state index is -4.50. The maximum absolute atomic E-state index is 14.5. The quantitative estimate of drug-likeness (QED) is 0.175. The second kappa shape index (κ2) is 13.6. The smallest absolute Gasteiger partial charge is 0.355 e. The summed E-state index contributed by atoms with van der Waals surface area (Å²) in [6.07, 6.45) is -0.195. The molecule has 2 atom stereocenters. The van der Waals surface area contributed by atoms with Crippen LogP contribution in [0, 0.1) is 26.9 Å². The van der Waals surface area contributed by atoms with E-state index in [9.17, 15) is 38.2 Å². The number of nitriles is 1. The molecule has 15 nitrogen and oxygen atoms in total. The van der Waals surface area contributed by atoms with Crippen molar-refractivity contribution in [1.82, 2.24) is 8.87 Å². The fourth-order valence-electron chi connectivity index (χ4n) is 6.93. The number of hydrogen-bond acceptors (Lipinski definition) is 12. The SMILES string of the molecule is CCOC(=O)C(CC)(OC(=O)[C@H]1Cc2ccccc2CN1S(=O)(=O)c1ccc([N+](=O)[O-])cc1)c1cc2n(c(=O)c1C#N)CCC21OCC(C)(C)CO1. The Kier molecular flexibility index (Phi) is 9.60. The number of hydrogen-bond donors (Lipinski definition) is 0. The Morgan fingerprint density at radius 2 is 1.75 bits per heavy atom. The molecule has 1 saturated heterocycles. The minimum absolute atomic E-state index is 0.146. The fraction of sp³-hybridized carbons (Fsp3) is 0.444. The van der Waals surface area contributed by atoms with Gasteiger partial charge >= 0.3 is 11.9 Å².